The van der Waals surface area contributed by atoms with Crippen LogP contribution in [-0.2, 0) is 4.79 Å². The van der Waals surface area contributed by atoms with Crippen LogP contribution < -0.4 is 10.6 Å². The van der Waals surface area contributed by atoms with Gasteiger partial charge in [0.15, 0.2) is 5.17 Å². The molecule has 0 bridgehead atoms. The minimum absolute atomic E-state index is 0.0599. The van der Waals surface area contributed by atoms with Crippen LogP contribution >= 0.6 is 11.8 Å². The third kappa shape index (κ3) is 3.49. The smallest absolute Gasteiger partial charge is 0.221 e. The number of amides is 1. The topological polar surface area (TPSA) is 53.5 Å². The molecule has 0 saturated carbocycles. The van der Waals surface area contributed by atoms with Gasteiger partial charge < -0.3 is 10.6 Å². The Bertz CT molecular complexity index is 442. The van der Waals surface area contributed by atoms with Gasteiger partial charge >= 0.3 is 0 Å². The largest absolute Gasteiger partial charge is 0.335 e. The summed E-state index contributed by atoms with van der Waals surface area (Å²) in [6, 6.07) is 7.98. The Kier molecular flexibility index (Phi) is 3.68. The maximum atomic E-state index is 10.9. The maximum Gasteiger partial charge on any atom is 0.221 e. The van der Waals surface area contributed by atoms with Crippen molar-refractivity contribution in [3.63, 3.8) is 0 Å². The molecule has 1 amide bonds. The molecule has 1 aliphatic heterocycles. The fraction of sp³-hybridized carbons (Fsp3) is 0.333. The highest BCUT2D eigenvalue weighted by Gasteiger charge is 2.13. The van der Waals surface area contributed by atoms with Gasteiger partial charge in [-0.05, 0) is 31.2 Å². The summed E-state index contributed by atoms with van der Waals surface area (Å²) in [5.41, 5.74) is 1.79. The zero-order valence-electron chi connectivity index (χ0n) is 9.86. The first-order valence-corrected chi connectivity index (χ1v) is 6.47. The standard InChI is InChI=1S/C12H15N3OS/c1-8-7-17-12(13-8)15-11-5-3-10(4-6-11)14-9(2)16/h3-6,8H,7H2,1-2H3,(H,13,15)(H,14,16). The zero-order valence-corrected chi connectivity index (χ0v) is 10.7. The zero-order chi connectivity index (χ0) is 12.3. The molecule has 5 heteroatoms. The summed E-state index contributed by atoms with van der Waals surface area (Å²) in [5, 5.41) is 6.95. The summed E-state index contributed by atoms with van der Waals surface area (Å²) in [7, 11) is 0. The van der Waals surface area contributed by atoms with E-state index in [0.29, 0.717) is 6.04 Å². The number of nitrogens with one attached hydrogen (secondary N) is 2. The molecular weight excluding hydrogens is 234 g/mol. The third-order valence-corrected chi connectivity index (χ3v) is 3.39. The van der Waals surface area contributed by atoms with E-state index in [-0.39, 0.29) is 5.91 Å². The van der Waals surface area contributed by atoms with Crippen molar-refractivity contribution in [1.82, 2.24) is 0 Å². The first kappa shape index (κ1) is 12.0. The van der Waals surface area contributed by atoms with Crippen molar-refractivity contribution in [2.45, 2.75) is 19.9 Å². The molecular formula is C12H15N3OS. The number of anilines is 2. The van der Waals surface area contributed by atoms with Crippen LogP contribution in [0.5, 0.6) is 0 Å². The molecule has 0 aliphatic carbocycles. The van der Waals surface area contributed by atoms with Crippen molar-refractivity contribution in [2.24, 2.45) is 4.99 Å². The fourth-order valence-corrected chi connectivity index (χ4v) is 2.42. The number of hydrogen-bond donors (Lipinski definition) is 2. The van der Waals surface area contributed by atoms with Crippen LogP contribution in [0.2, 0.25) is 0 Å². The average molecular weight is 249 g/mol. The second-order valence-corrected chi connectivity index (χ2v) is 4.99. The second-order valence-electron chi connectivity index (χ2n) is 3.98. The molecule has 1 aromatic carbocycles. The Morgan fingerprint density at radius 3 is 2.53 bits per heavy atom. The van der Waals surface area contributed by atoms with Crippen LogP contribution in [-0.4, -0.2) is 22.9 Å². The van der Waals surface area contributed by atoms with Crippen LogP contribution in [0.1, 0.15) is 13.8 Å². The predicted octanol–water partition coefficient (Wildman–Crippen LogP) is 2.55. The lowest BCUT2D eigenvalue weighted by atomic mass is 10.3. The van der Waals surface area contributed by atoms with Crippen molar-refractivity contribution in [3.05, 3.63) is 24.3 Å². The normalized spacial score (nSPS) is 18.7. The third-order valence-electron chi connectivity index (χ3n) is 2.26. The fourth-order valence-electron chi connectivity index (χ4n) is 1.51. The van der Waals surface area contributed by atoms with E-state index in [1.165, 1.54) is 6.92 Å². The van der Waals surface area contributed by atoms with Crippen LogP contribution in [0, 0.1) is 0 Å². The van der Waals surface area contributed by atoms with Gasteiger partial charge in [-0.2, -0.15) is 0 Å². The van der Waals surface area contributed by atoms with E-state index >= 15 is 0 Å². The number of thioether (sulfide) groups is 1. The lowest BCUT2D eigenvalue weighted by molar-refractivity contribution is -0.114. The Balaban J connectivity index is 1.98. The van der Waals surface area contributed by atoms with Gasteiger partial charge in [0.05, 0.1) is 6.04 Å². The van der Waals surface area contributed by atoms with Crippen molar-refractivity contribution >= 4 is 34.2 Å². The second kappa shape index (κ2) is 5.23. The van der Waals surface area contributed by atoms with Crippen molar-refractivity contribution in [1.29, 1.82) is 0 Å². The van der Waals surface area contributed by atoms with Crippen LogP contribution in [0.4, 0.5) is 11.4 Å². The number of benzene rings is 1. The molecule has 1 aliphatic rings. The van der Waals surface area contributed by atoms with Crippen LogP contribution in [0.15, 0.2) is 29.3 Å². The van der Waals surface area contributed by atoms with Gasteiger partial charge in [0.25, 0.3) is 0 Å². The number of aliphatic imine (C=N–C) groups is 1. The van der Waals surface area contributed by atoms with Crippen molar-refractivity contribution < 1.29 is 4.79 Å². The molecule has 0 radical (unpaired) electrons. The Morgan fingerprint density at radius 2 is 2.00 bits per heavy atom. The highest BCUT2D eigenvalue weighted by molar-refractivity contribution is 8.14. The molecule has 0 saturated heterocycles. The number of hydrogen-bond acceptors (Lipinski definition) is 4. The molecule has 4 nitrogen and oxygen atoms in total. The molecule has 2 rings (SSSR count). The van der Waals surface area contributed by atoms with E-state index in [1.54, 1.807) is 11.8 Å². The van der Waals surface area contributed by atoms with E-state index in [4.69, 9.17) is 0 Å². The molecule has 90 valence electrons. The number of amidine groups is 1. The lowest BCUT2D eigenvalue weighted by Gasteiger charge is -2.06. The molecule has 2 N–H and O–H groups in total. The first-order valence-electron chi connectivity index (χ1n) is 5.49. The predicted molar refractivity (Wildman–Crippen MR) is 73.7 cm³/mol. The summed E-state index contributed by atoms with van der Waals surface area (Å²) >= 11 is 1.73. The minimum atomic E-state index is -0.0599. The van der Waals surface area contributed by atoms with Gasteiger partial charge in [0.2, 0.25) is 5.91 Å². The average Bonchev–Trinajstić information content (AvgIpc) is 2.66. The van der Waals surface area contributed by atoms with E-state index < -0.39 is 0 Å². The number of carbonyl (C=O) groups excluding carboxylic acids is 1. The summed E-state index contributed by atoms with van der Waals surface area (Å²) in [6.07, 6.45) is 0. The SMILES string of the molecule is CC(=O)Nc1ccc(NC2=NC(C)CS2)cc1. The Morgan fingerprint density at radius 1 is 1.35 bits per heavy atom. The van der Waals surface area contributed by atoms with Crippen molar-refractivity contribution in [3.8, 4) is 0 Å². The van der Waals surface area contributed by atoms with Gasteiger partial charge in [0, 0.05) is 24.1 Å². The highest BCUT2D eigenvalue weighted by Crippen LogP contribution is 2.20. The maximum absolute atomic E-state index is 10.9. The summed E-state index contributed by atoms with van der Waals surface area (Å²) in [6.45, 7) is 3.60. The Hall–Kier alpha value is -1.49. The summed E-state index contributed by atoms with van der Waals surface area (Å²) in [5.74, 6) is 0.974. The molecule has 17 heavy (non-hydrogen) atoms. The minimum Gasteiger partial charge on any atom is -0.335 e. The summed E-state index contributed by atoms with van der Waals surface area (Å²) in [4.78, 5) is 15.3. The molecule has 1 unspecified atom stereocenters. The monoisotopic (exact) mass is 249 g/mol. The van der Waals surface area contributed by atoms with Gasteiger partial charge in [0.1, 0.15) is 0 Å². The van der Waals surface area contributed by atoms with Crippen molar-refractivity contribution in [2.75, 3.05) is 16.4 Å². The molecule has 1 aromatic rings. The number of carbonyl (C=O) groups is 1. The summed E-state index contributed by atoms with van der Waals surface area (Å²) < 4.78 is 0. The van der Waals surface area contributed by atoms with Crippen LogP contribution in [0.3, 0.4) is 0 Å². The lowest BCUT2D eigenvalue weighted by Crippen LogP contribution is -2.07. The van der Waals surface area contributed by atoms with E-state index in [2.05, 4.69) is 22.5 Å². The first-order chi connectivity index (χ1) is 8.13. The quantitative estimate of drug-likeness (QED) is 0.847. The molecule has 1 atom stereocenters. The number of nitrogens with zero attached hydrogens (tertiary/aromatic N) is 1. The van der Waals surface area contributed by atoms with Gasteiger partial charge in [-0.25, -0.2) is 0 Å². The van der Waals surface area contributed by atoms with Crippen LogP contribution in [0.25, 0.3) is 0 Å². The molecule has 1 heterocycles. The molecule has 0 fully saturated rings. The highest BCUT2D eigenvalue weighted by atomic mass is 32.2. The number of rotatable bonds is 2. The van der Waals surface area contributed by atoms with Gasteiger partial charge in [-0.15, -0.1) is 0 Å². The van der Waals surface area contributed by atoms with E-state index in [1.807, 2.05) is 24.3 Å². The molecule has 0 aromatic heterocycles. The van der Waals surface area contributed by atoms with E-state index in [9.17, 15) is 4.79 Å². The van der Waals surface area contributed by atoms with E-state index in [0.717, 1.165) is 22.3 Å². The van der Waals surface area contributed by atoms with Gasteiger partial charge in [-0.3, -0.25) is 9.79 Å². The van der Waals surface area contributed by atoms with Gasteiger partial charge in [-0.1, -0.05) is 11.8 Å². The molecule has 0 spiro atoms. The Labute approximate surface area is 105 Å².